The van der Waals surface area contributed by atoms with Crippen LogP contribution in [0.25, 0.3) is 0 Å². The fourth-order valence-electron chi connectivity index (χ4n) is 2.68. The maximum Gasteiger partial charge on any atom is -0.00231 e. The summed E-state index contributed by atoms with van der Waals surface area (Å²) in [5.41, 5.74) is 0.877. The number of hydrogen-bond donors (Lipinski definition) is 1. The van der Waals surface area contributed by atoms with Crippen LogP contribution in [-0.4, -0.2) is 13.6 Å². The Kier molecular flexibility index (Phi) is 2.82. The quantitative estimate of drug-likeness (QED) is 0.679. The SMILES string of the molecule is CNCC1CC2(CCC2)C1.Cl. The highest BCUT2D eigenvalue weighted by molar-refractivity contribution is 5.85. The molecule has 0 amide bonds. The van der Waals surface area contributed by atoms with Gasteiger partial charge in [0.25, 0.3) is 0 Å². The van der Waals surface area contributed by atoms with Gasteiger partial charge < -0.3 is 5.32 Å². The molecule has 0 aromatic carbocycles. The van der Waals surface area contributed by atoms with Crippen LogP contribution >= 0.6 is 12.4 Å². The van der Waals surface area contributed by atoms with Crippen LogP contribution in [0.2, 0.25) is 0 Å². The molecule has 66 valence electrons. The molecule has 2 aliphatic rings. The lowest BCUT2D eigenvalue weighted by molar-refractivity contribution is -0.0228. The monoisotopic (exact) mass is 175 g/mol. The van der Waals surface area contributed by atoms with Gasteiger partial charge >= 0.3 is 0 Å². The van der Waals surface area contributed by atoms with Gasteiger partial charge in [0.05, 0.1) is 0 Å². The van der Waals surface area contributed by atoms with Gasteiger partial charge in [0.15, 0.2) is 0 Å². The van der Waals surface area contributed by atoms with E-state index in [1.54, 1.807) is 0 Å². The van der Waals surface area contributed by atoms with Crippen molar-refractivity contribution < 1.29 is 0 Å². The van der Waals surface area contributed by atoms with E-state index in [0.717, 1.165) is 11.3 Å². The van der Waals surface area contributed by atoms with Gasteiger partial charge in [-0.2, -0.15) is 0 Å². The highest BCUT2D eigenvalue weighted by atomic mass is 35.5. The van der Waals surface area contributed by atoms with Gasteiger partial charge in [0.2, 0.25) is 0 Å². The molecule has 2 fully saturated rings. The molecule has 0 unspecified atom stereocenters. The van der Waals surface area contributed by atoms with Gasteiger partial charge in [-0.3, -0.25) is 0 Å². The molecular weight excluding hydrogens is 158 g/mol. The Morgan fingerprint density at radius 1 is 1.36 bits per heavy atom. The largest absolute Gasteiger partial charge is 0.319 e. The number of hydrogen-bond acceptors (Lipinski definition) is 1. The fraction of sp³-hybridized carbons (Fsp3) is 1.00. The summed E-state index contributed by atoms with van der Waals surface area (Å²) in [5, 5.41) is 3.26. The van der Waals surface area contributed by atoms with E-state index in [1.165, 1.54) is 38.6 Å². The average molecular weight is 176 g/mol. The molecule has 2 rings (SSSR count). The summed E-state index contributed by atoms with van der Waals surface area (Å²) >= 11 is 0. The summed E-state index contributed by atoms with van der Waals surface area (Å²) in [6, 6.07) is 0. The van der Waals surface area contributed by atoms with Crippen molar-refractivity contribution >= 4 is 12.4 Å². The third-order valence-corrected chi connectivity index (χ3v) is 3.35. The normalized spacial score (nSPS) is 27.0. The predicted molar refractivity (Wildman–Crippen MR) is 50.2 cm³/mol. The van der Waals surface area contributed by atoms with E-state index in [9.17, 15) is 0 Å². The summed E-state index contributed by atoms with van der Waals surface area (Å²) in [4.78, 5) is 0. The minimum atomic E-state index is 0. The minimum absolute atomic E-state index is 0. The Morgan fingerprint density at radius 2 is 2.00 bits per heavy atom. The van der Waals surface area contributed by atoms with Crippen molar-refractivity contribution in [3.63, 3.8) is 0 Å². The fourth-order valence-corrected chi connectivity index (χ4v) is 2.68. The molecule has 2 saturated carbocycles. The van der Waals surface area contributed by atoms with Gasteiger partial charge in [-0.1, -0.05) is 6.42 Å². The lowest BCUT2D eigenvalue weighted by Crippen LogP contribution is -2.45. The molecular formula is C9H18ClN. The molecule has 1 nitrogen and oxygen atoms in total. The van der Waals surface area contributed by atoms with Crippen molar-refractivity contribution in [3.8, 4) is 0 Å². The summed E-state index contributed by atoms with van der Waals surface area (Å²) in [6.07, 6.45) is 7.62. The maximum absolute atomic E-state index is 3.26. The van der Waals surface area contributed by atoms with E-state index < -0.39 is 0 Å². The van der Waals surface area contributed by atoms with Crippen LogP contribution in [0, 0.1) is 11.3 Å². The van der Waals surface area contributed by atoms with E-state index in [-0.39, 0.29) is 12.4 Å². The molecule has 2 heteroatoms. The van der Waals surface area contributed by atoms with Crippen LogP contribution in [0.1, 0.15) is 32.1 Å². The second-order valence-corrected chi connectivity index (χ2v) is 4.19. The van der Waals surface area contributed by atoms with Crippen molar-refractivity contribution in [1.82, 2.24) is 5.32 Å². The number of rotatable bonds is 2. The van der Waals surface area contributed by atoms with Crippen molar-refractivity contribution in [2.75, 3.05) is 13.6 Å². The first-order valence-electron chi connectivity index (χ1n) is 4.49. The zero-order valence-corrected chi connectivity index (χ0v) is 8.04. The first kappa shape index (κ1) is 9.34. The Labute approximate surface area is 75.4 Å². The molecule has 0 atom stereocenters. The average Bonchev–Trinajstić information content (AvgIpc) is 1.72. The second-order valence-electron chi connectivity index (χ2n) is 4.19. The summed E-state index contributed by atoms with van der Waals surface area (Å²) in [7, 11) is 2.06. The van der Waals surface area contributed by atoms with Crippen LogP contribution in [0.3, 0.4) is 0 Å². The molecule has 11 heavy (non-hydrogen) atoms. The molecule has 0 aliphatic heterocycles. The van der Waals surface area contributed by atoms with E-state index >= 15 is 0 Å². The summed E-state index contributed by atoms with van der Waals surface area (Å²) in [5.74, 6) is 1.02. The first-order valence-corrected chi connectivity index (χ1v) is 4.49. The van der Waals surface area contributed by atoms with E-state index in [1.807, 2.05) is 0 Å². The van der Waals surface area contributed by atoms with Gasteiger partial charge in [0, 0.05) is 0 Å². The summed E-state index contributed by atoms with van der Waals surface area (Å²) < 4.78 is 0. The van der Waals surface area contributed by atoms with Crippen molar-refractivity contribution in [2.24, 2.45) is 11.3 Å². The molecule has 0 radical (unpaired) electrons. The molecule has 0 aromatic heterocycles. The Balaban J connectivity index is 0.000000605. The Morgan fingerprint density at radius 3 is 2.36 bits per heavy atom. The molecule has 0 saturated heterocycles. The van der Waals surface area contributed by atoms with Crippen LogP contribution in [0.15, 0.2) is 0 Å². The lowest BCUT2D eigenvalue weighted by Gasteiger charge is -2.54. The number of halogens is 1. The van der Waals surface area contributed by atoms with Crippen molar-refractivity contribution in [3.05, 3.63) is 0 Å². The Bertz CT molecular complexity index is 124. The van der Waals surface area contributed by atoms with Gasteiger partial charge in [-0.15, -0.1) is 12.4 Å². The lowest BCUT2D eigenvalue weighted by atomic mass is 9.52. The molecule has 2 aliphatic carbocycles. The van der Waals surface area contributed by atoms with Crippen LogP contribution < -0.4 is 5.32 Å². The van der Waals surface area contributed by atoms with E-state index in [2.05, 4.69) is 12.4 Å². The Hall–Kier alpha value is 0.250. The van der Waals surface area contributed by atoms with Gasteiger partial charge in [-0.25, -0.2) is 0 Å². The molecule has 0 aromatic rings. The second kappa shape index (κ2) is 3.32. The maximum atomic E-state index is 3.26. The van der Waals surface area contributed by atoms with Crippen molar-refractivity contribution in [2.45, 2.75) is 32.1 Å². The van der Waals surface area contributed by atoms with Gasteiger partial charge in [0.1, 0.15) is 0 Å². The third kappa shape index (κ3) is 1.54. The zero-order valence-electron chi connectivity index (χ0n) is 7.23. The third-order valence-electron chi connectivity index (χ3n) is 3.35. The smallest absolute Gasteiger partial charge is 0.00231 e. The minimum Gasteiger partial charge on any atom is -0.319 e. The van der Waals surface area contributed by atoms with Crippen molar-refractivity contribution in [1.29, 1.82) is 0 Å². The standard InChI is InChI=1S/C9H17N.ClH/c1-10-7-8-5-9(6-8)3-2-4-9;/h8,10H,2-7H2,1H3;1H. The zero-order chi connectivity index (χ0) is 7.03. The summed E-state index contributed by atoms with van der Waals surface area (Å²) in [6.45, 7) is 1.25. The molecule has 0 bridgehead atoms. The number of nitrogens with one attached hydrogen (secondary N) is 1. The molecule has 1 N–H and O–H groups in total. The van der Waals surface area contributed by atoms with Crippen LogP contribution in [-0.2, 0) is 0 Å². The van der Waals surface area contributed by atoms with Crippen LogP contribution in [0.4, 0.5) is 0 Å². The molecule has 0 heterocycles. The highest BCUT2D eigenvalue weighted by Crippen LogP contribution is 2.58. The van der Waals surface area contributed by atoms with E-state index in [0.29, 0.717) is 0 Å². The molecule has 1 spiro atoms. The van der Waals surface area contributed by atoms with Gasteiger partial charge in [-0.05, 0) is 50.6 Å². The predicted octanol–water partition coefficient (Wildman–Crippen LogP) is 2.21. The first-order chi connectivity index (χ1) is 4.85. The highest BCUT2D eigenvalue weighted by Gasteiger charge is 2.47. The van der Waals surface area contributed by atoms with E-state index in [4.69, 9.17) is 0 Å². The topological polar surface area (TPSA) is 12.0 Å². The van der Waals surface area contributed by atoms with Crippen LogP contribution in [0.5, 0.6) is 0 Å².